The van der Waals surface area contributed by atoms with Crippen molar-refractivity contribution in [3.8, 4) is 10.6 Å². The number of amides is 1. The fourth-order valence-corrected chi connectivity index (χ4v) is 3.38. The van der Waals surface area contributed by atoms with E-state index in [1.807, 2.05) is 47.8 Å². The molecule has 0 spiro atoms. The summed E-state index contributed by atoms with van der Waals surface area (Å²) in [6.07, 6.45) is 1.18. The standard InChI is InChI=1S/C20H20N2OS/c1-15-7-5-6-8-16(15)11-12-21-19(23)13-18-14-24-20(22-18)17-9-3-2-4-10-17/h2-10,14H,11-13H2,1H3,(H,21,23). The Morgan fingerprint density at radius 1 is 1.08 bits per heavy atom. The largest absolute Gasteiger partial charge is 0.355 e. The number of hydrogen-bond acceptors (Lipinski definition) is 3. The first kappa shape index (κ1) is 16.4. The summed E-state index contributed by atoms with van der Waals surface area (Å²) < 4.78 is 0. The van der Waals surface area contributed by atoms with Crippen molar-refractivity contribution in [3.63, 3.8) is 0 Å². The van der Waals surface area contributed by atoms with Crippen LogP contribution in [0, 0.1) is 6.92 Å². The van der Waals surface area contributed by atoms with Crippen LogP contribution in [0.1, 0.15) is 16.8 Å². The number of thiazole rings is 1. The molecule has 3 rings (SSSR count). The van der Waals surface area contributed by atoms with Crippen molar-refractivity contribution in [1.29, 1.82) is 0 Å². The number of aryl methyl sites for hydroxylation is 1. The van der Waals surface area contributed by atoms with Crippen LogP contribution in [0.4, 0.5) is 0 Å². The summed E-state index contributed by atoms with van der Waals surface area (Å²) in [5.41, 5.74) is 4.46. The molecule has 4 heteroatoms. The first-order valence-corrected chi connectivity index (χ1v) is 8.91. The zero-order chi connectivity index (χ0) is 16.8. The minimum absolute atomic E-state index is 0.0218. The van der Waals surface area contributed by atoms with Gasteiger partial charge in [-0.3, -0.25) is 4.79 Å². The topological polar surface area (TPSA) is 42.0 Å². The van der Waals surface area contributed by atoms with Crippen LogP contribution in [-0.2, 0) is 17.6 Å². The van der Waals surface area contributed by atoms with Gasteiger partial charge in [0.15, 0.2) is 0 Å². The number of benzene rings is 2. The highest BCUT2D eigenvalue weighted by Gasteiger charge is 2.09. The first-order valence-electron chi connectivity index (χ1n) is 8.03. The van der Waals surface area contributed by atoms with Crippen molar-refractivity contribution in [2.75, 3.05) is 6.54 Å². The number of nitrogens with zero attached hydrogens (tertiary/aromatic N) is 1. The molecule has 1 N–H and O–H groups in total. The smallest absolute Gasteiger partial charge is 0.226 e. The normalized spacial score (nSPS) is 10.5. The number of carbonyl (C=O) groups excluding carboxylic acids is 1. The molecule has 0 saturated carbocycles. The summed E-state index contributed by atoms with van der Waals surface area (Å²) in [5.74, 6) is 0.0218. The van der Waals surface area contributed by atoms with Crippen LogP contribution in [0.2, 0.25) is 0 Å². The van der Waals surface area contributed by atoms with Crippen molar-refractivity contribution in [3.05, 3.63) is 76.8 Å². The van der Waals surface area contributed by atoms with Gasteiger partial charge in [0.05, 0.1) is 12.1 Å². The maximum absolute atomic E-state index is 12.1. The monoisotopic (exact) mass is 336 g/mol. The highest BCUT2D eigenvalue weighted by atomic mass is 32.1. The third-order valence-corrected chi connectivity index (χ3v) is 4.83. The summed E-state index contributed by atoms with van der Waals surface area (Å²) in [5, 5.41) is 5.90. The molecule has 0 unspecified atom stereocenters. The van der Waals surface area contributed by atoms with Crippen LogP contribution >= 0.6 is 11.3 Å². The number of rotatable bonds is 6. The minimum Gasteiger partial charge on any atom is -0.355 e. The second-order valence-corrected chi connectivity index (χ2v) is 6.57. The Balaban J connectivity index is 1.51. The summed E-state index contributed by atoms with van der Waals surface area (Å²) in [4.78, 5) is 16.6. The molecule has 3 aromatic rings. The van der Waals surface area contributed by atoms with Gasteiger partial charge in [0.1, 0.15) is 5.01 Å². The van der Waals surface area contributed by atoms with Crippen LogP contribution < -0.4 is 5.32 Å². The first-order chi connectivity index (χ1) is 11.7. The summed E-state index contributed by atoms with van der Waals surface area (Å²) >= 11 is 1.58. The van der Waals surface area contributed by atoms with Gasteiger partial charge in [0.2, 0.25) is 5.91 Å². The second kappa shape index (κ2) is 7.88. The molecule has 0 aliphatic heterocycles. The van der Waals surface area contributed by atoms with Crippen molar-refractivity contribution in [1.82, 2.24) is 10.3 Å². The Morgan fingerprint density at radius 3 is 2.62 bits per heavy atom. The lowest BCUT2D eigenvalue weighted by Crippen LogP contribution is -2.27. The molecular weight excluding hydrogens is 316 g/mol. The van der Waals surface area contributed by atoms with E-state index in [9.17, 15) is 4.79 Å². The van der Waals surface area contributed by atoms with Gasteiger partial charge in [-0.05, 0) is 24.5 Å². The van der Waals surface area contributed by atoms with Gasteiger partial charge in [-0.15, -0.1) is 11.3 Å². The molecule has 0 bridgehead atoms. The van der Waals surface area contributed by atoms with Crippen molar-refractivity contribution in [2.45, 2.75) is 19.8 Å². The molecule has 1 aromatic heterocycles. The fourth-order valence-electron chi connectivity index (χ4n) is 2.56. The minimum atomic E-state index is 0.0218. The quantitative estimate of drug-likeness (QED) is 0.739. The second-order valence-electron chi connectivity index (χ2n) is 5.71. The Morgan fingerprint density at radius 2 is 1.83 bits per heavy atom. The Labute approximate surface area is 146 Å². The molecule has 24 heavy (non-hydrogen) atoms. The van der Waals surface area contributed by atoms with Gasteiger partial charge in [-0.25, -0.2) is 4.98 Å². The van der Waals surface area contributed by atoms with Gasteiger partial charge < -0.3 is 5.32 Å². The SMILES string of the molecule is Cc1ccccc1CCNC(=O)Cc1csc(-c2ccccc2)n1. The zero-order valence-corrected chi connectivity index (χ0v) is 14.5. The molecular formula is C20H20N2OS. The molecule has 3 nitrogen and oxygen atoms in total. The van der Waals surface area contributed by atoms with Crippen LogP contribution in [0.5, 0.6) is 0 Å². The van der Waals surface area contributed by atoms with E-state index < -0.39 is 0 Å². The molecule has 0 aliphatic carbocycles. The molecule has 0 aliphatic rings. The molecule has 1 heterocycles. The highest BCUT2D eigenvalue weighted by molar-refractivity contribution is 7.13. The van der Waals surface area contributed by atoms with Crippen LogP contribution in [0.25, 0.3) is 10.6 Å². The van der Waals surface area contributed by atoms with Gasteiger partial charge >= 0.3 is 0 Å². The predicted octanol–water partition coefficient (Wildman–Crippen LogP) is 4.02. The van der Waals surface area contributed by atoms with E-state index in [1.54, 1.807) is 11.3 Å². The van der Waals surface area contributed by atoms with E-state index in [4.69, 9.17) is 0 Å². The number of carbonyl (C=O) groups is 1. The Bertz CT molecular complexity index is 811. The molecule has 0 saturated heterocycles. The molecule has 0 fully saturated rings. The summed E-state index contributed by atoms with van der Waals surface area (Å²) in [6.45, 7) is 2.75. The van der Waals surface area contributed by atoms with Gasteiger partial charge in [-0.1, -0.05) is 54.6 Å². The Hall–Kier alpha value is -2.46. The lowest BCUT2D eigenvalue weighted by Gasteiger charge is -2.06. The lowest BCUT2D eigenvalue weighted by molar-refractivity contribution is -0.120. The Kier molecular flexibility index (Phi) is 5.39. The fraction of sp³-hybridized carbons (Fsp3) is 0.200. The molecule has 0 radical (unpaired) electrons. The third-order valence-electron chi connectivity index (χ3n) is 3.89. The highest BCUT2D eigenvalue weighted by Crippen LogP contribution is 2.23. The summed E-state index contributed by atoms with van der Waals surface area (Å²) in [7, 11) is 0. The number of hydrogen-bond donors (Lipinski definition) is 1. The molecule has 122 valence electrons. The average Bonchev–Trinajstić information content (AvgIpc) is 3.06. The maximum Gasteiger partial charge on any atom is 0.226 e. The van der Waals surface area contributed by atoms with Crippen LogP contribution in [0.15, 0.2) is 60.0 Å². The van der Waals surface area contributed by atoms with E-state index in [2.05, 4.69) is 29.4 Å². The molecule has 2 aromatic carbocycles. The van der Waals surface area contributed by atoms with E-state index in [1.165, 1.54) is 11.1 Å². The van der Waals surface area contributed by atoms with Gasteiger partial charge in [-0.2, -0.15) is 0 Å². The molecule has 1 amide bonds. The van der Waals surface area contributed by atoms with Crippen LogP contribution in [0.3, 0.4) is 0 Å². The maximum atomic E-state index is 12.1. The van der Waals surface area contributed by atoms with Gasteiger partial charge in [0, 0.05) is 17.5 Å². The average molecular weight is 336 g/mol. The van der Waals surface area contributed by atoms with E-state index in [-0.39, 0.29) is 5.91 Å². The van der Waals surface area contributed by atoms with Crippen molar-refractivity contribution in [2.24, 2.45) is 0 Å². The van der Waals surface area contributed by atoms with E-state index in [0.717, 1.165) is 22.7 Å². The number of nitrogens with one attached hydrogen (secondary N) is 1. The van der Waals surface area contributed by atoms with E-state index in [0.29, 0.717) is 13.0 Å². The van der Waals surface area contributed by atoms with Crippen LogP contribution in [-0.4, -0.2) is 17.4 Å². The third kappa shape index (κ3) is 4.30. The van der Waals surface area contributed by atoms with E-state index >= 15 is 0 Å². The molecule has 0 atom stereocenters. The van der Waals surface area contributed by atoms with Crippen molar-refractivity contribution < 1.29 is 4.79 Å². The van der Waals surface area contributed by atoms with Crippen molar-refractivity contribution >= 4 is 17.2 Å². The zero-order valence-electron chi connectivity index (χ0n) is 13.7. The lowest BCUT2D eigenvalue weighted by atomic mass is 10.1. The summed E-state index contributed by atoms with van der Waals surface area (Å²) in [6, 6.07) is 18.3. The van der Waals surface area contributed by atoms with Gasteiger partial charge in [0.25, 0.3) is 0 Å². The number of aromatic nitrogens is 1. The predicted molar refractivity (Wildman–Crippen MR) is 99.1 cm³/mol.